The second-order valence-corrected chi connectivity index (χ2v) is 7.52. The third-order valence-corrected chi connectivity index (χ3v) is 5.76. The summed E-state index contributed by atoms with van der Waals surface area (Å²) in [5.41, 5.74) is 0. The minimum absolute atomic E-state index is 0.701. The van der Waals surface area contributed by atoms with Crippen molar-refractivity contribution in [3.8, 4) is 0 Å². The predicted molar refractivity (Wildman–Crippen MR) is 88.1 cm³/mol. The molecule has 0 amide bonds. The van der Waals surface area contributed by atoms with E-state index in [1.165, 1.54) is 51.4 Å². The Balaban J connectivity index is 2.04. The lowest BCUT2D eigenvalue weighted by molar-refractivity contribution is 0.0458. The maximum absolute atomic E-state index is 3.79. The monoisotopic (exact) mass is 280 g/mol. The molecule has 0 aromatic carbocycles. The average Bonchev–Trinajstić information content (AvgIpc) is 2.66. The fourth-order valence-corrected chi connectivity index (χ4v) is 4.90. The van der Waals surface area contributed by atoms with Crippen LogP contribution in [0.1, 0.15) is 72.1 Å². The van der Waals surface area contributed by atoms with E-state index < -0.39 is 0 Å². The van der Waals surface area contributed by atoms with Gasteiger partial charge >= 0.3 is 0 Å². The standard InChI is InChI=1S/C18H36N2/c1-5-19-17-13-14(2)12-15(3)18(17)20(4)16-10-8-6-7-9-11-16/h14-19H,5-13H2,1-4H3. The van der Waals surface area contributed by atoms with E-state index in [0.29, 0.717) is 6.04 Å². The number of rotatable bonds is 4. The van der Waals surface area contributed by atoms with Crippen molar-refractivity contribution in [2.45, 2.75) is 90.3 Å². The molecule has 2 rings (SSSR count). The van der Waals surface area contributed by atoms with Gasteiger partial charge in [0.2, 0.25) is 0 Å². The predicted octanol–water partition coefficient (Wildman–Crippen LogP) is 4.05. The van der Waals surface area contributed by atoms with Crippen LogP contribution in [0.4, 0.5) is 0 Å². The fraction of sp³-hybridized carbons (Fsp3) is 1.00. The molecule has 4 unspecified atom stereocenters. The van der Waals surface area contributed by atoms with Crippen molar-refractivity contribution >= 4 is 0 Å². The molecule has 2 aliphatic rings. The zero-order chi connectivity index (χ0) is 14.5. The normalized spacial score (nSPS) is 37.0. The molecule has 2 heteroatoms. The first-order valence-electron chi connectivity index (χ1n) is 9.08. The zero-order valence-corrected chi connectivity index (χ0v) is 14.2. The molecule has 0 spiro atoms. The van der Waals surface area contributed by atoms with Crippen LogP contribution < -0.4 is 5.32 Å². The van der Waals surface area contributed by atoms with E-state index in [4.69, 9.17) is 0 Å². The van der Waals surface area contributed by atoms with Gasteiger partial charge in [-0.3, -0.25) is 4.90 Å². The highest BCUT2D eigenvalue weighted by Gasteiger charge is 2.38. The van der Waals surface area contributed by atoms with Crippen molar-refractivity contribution in [2.75, 3.05) is 13.6 Å². The van der Waals surface area contributed by atoms with Crippen molar-refractivity contribution in [3.05, 3.63) is 0 Å². The zero-order valence-electron chi connectivity index (χ0n) is 14.2. The van der Waals surface area contributed by atoms with Crippen molar-refractivity contribution in [2.24, 2.45) is 11.8 Å². The summed E-state index contributed by atoms with van der Waals surface area (Å²) in [7, 11) is 2.41. The second-order valence-electron chi connectivity index (χ2n) is 7.52. The van der Waals surface area contributed by atoms with Crippen LogP contribution in [0.25, 0.3) is 0 Å². The van der Waals surface area contributed by atoms with Crippen LogP contribution >= 0.6 is 0 Å². The molecule has 0 aromatic rings. The summed E-state index contributed by atoms with van der Waals surface area (Å²) in [6, 6.07) is 2.28. The lowest BCUT2D eigenvalue weighted by atomic mass is 9.75. The van der Waals surface area contributed by atoms with E-state index >= 15 is 0 Å². The topological polar surface area (TPSA) is 15.3 Å². The Morgan fingerprint density at radius 1 is 1.00 bits per heavy atom. The molecule has 0 radical (unpaired) electrons. The third kappa shape index (κ3) is 3.98. The number of hydrogen-bond acceptors (Lipinski definition) is 2. The SMILES string of the molecule is CCNC1CC(C)CC(C)C1N(C)C1CCCCCC1. The maximum atomic E-state index is 3.79. The average molecular weight is 280 g/mol. The van der Waals surface area contributed by atoms with Crippen LogP contribution in [0.2, 0.25) is 0 Å². The van der Waals surface area contributed by atoms with E-state index in [1.54, 1.807) is 0 Å². The number of likely N-dealkylation sites (N-methyl/N-ethyl adjacent to an activating group) is 2. The quantitative estimate of drug-likeness (QED) is 0.781. The van der Waals surface area contributed by atoms with Gasteiger partial charge in [-0.15, -0.1) is 0 Å². The molecule has 2 aliphatic carbocycles. The van der Waals surface area contributed by atoms with Gasteiger partial charge in [0.1, 0.15) is 0 Å². The van der Waals surface area contributed by atoms with Crippen molar-refractivity contribution in [1.82, 2.24) is 10.2 Å². The number of hydrogen-bond donors (Lipinski definition) is 1. The summed E-state index contributed by atoms with van der Waals surface area (Å²) >= 11 is 0. The molecule has 0 aromatic heterocycles. The van der Waals surface area contributed by atoms with Crippen molar-refractivity contribution in [1.29, 1.82) is 0 Å². The first-order chi connectivity index (χ1) is 9.63. The Morgan fingerprint density at radius 3 is 2.25 bits per heavy atom. The molecule has 1 N–H and O–H groups in total. The van der Waals surface area contributed by atoms with Crippen molar-refractivity contribution in [3.63, 3.8) is 0 Å². The first-order valence-corrected chi connectivity index (χ1v) is 9.08. The lowest BCUT2D eigenvalue weighted by Gasteiger charge is -2.47. The molecule has 0 heterocycles. The van der Waals surface area contributed by atoms with E-state index in [0.717, 1.165) is 30.5 Å². The van der Waals surface area contributed by atoms with Crippen LogP contribution in [0.15, 0.2) is 0 Å². The van der Waals surface area contributed by atoms with Crippen LogP contribution in [-0.2, 0) is 0 Å². The van der Waals surface area contributed by atoms with Gasteiger partial charge in [0, 0.05) is 18.1 Å². The Hall–Kier alpha value is -0.0800. The largest absolute Gasteiger partial charge is 0.313 e. The minimum atomic E-state index is 0.701. The molecule has 20 heavy (non-hydrogen) atoms. The van der Waals surface area contributed by atoms with Crippen molar-refractivity contribution < 1.29 is 0 Å². The molecule has 0 aliphatic heterocycles. The van der Waals surface area contributed by atoms with E-state index in [2.05, 4.69) is 38.0 Å². The van der Waals surface area contributed by atoms with E-state index in [-0.39, 0.29) is 0 Å². The maximum Gasteiger partial charge on any atom is 0.0274 e. The highest BCUT2D eigenvalue weighted by Crippen LogP contribution is 2.34. The molecule has 2 nitrogen and oxygen atoms in total. The highest BCUT2D eigenvalue weighted by molar-refractivity contribution is 4.95. The van der Waals surface area contributed by atoms with Gasteiger partial charge in [-0.05, 0) is 51.1 Å². The number of nitrogens with one attached hydrogen (secondary N) is 1. The summed E-state index contributed by atoms with van der Waals surface area (Å²) in [6.45, 7) is 8.28. The van der Waals surface area contributed by atoms with Gasteiger partial charge in [0.25, 0.3) is 0 Å². The van der Waals surface area contributed by atoms with Crippen LogP contribution in [-0.4, -0.2) is 36.6 Å². The van der Waals surface area contributed by atoms with Gasteiger partial charge in [-0.1, -0.05) is 46.5 Å². The fourth-order valence-electron chi connectivity index (χ4n) is 4.90. The Bertz CT molecular complexity index is 271. The number of nitrogens with zero attached hydrogens (tertiary/aromatic N) is 1. The molecule has 118 valence electrons. The van der Waals surface area contributed by atoms with Gasteiger partial charge in [-0.2, -0.15) is 0 Å². The smallest absolute Gasteiger partial charge is 0.0274 e. The van der Waals surface area contributed by atoms with Crippen LogP contribution in [0.3, 0.4) is 0 Å². The third-order valence-electron chi connectivity index (χ3n) is 5.76. The minimum Gasteiger partial charge on any atom is -0.313 e. The summed E-state index contributed by atoms with van der Waals surface area (Å²) in [4.78, 5) is 2.77. The molecule has 0 bridgehead atoms. The molecule has 2 saturated carbocycles. The highest BCUT2D eigenvalue weighted by atomic mass is 15.2. The molecule has 2 fully saturated rings. The van der Waals surface area contributed by atoms with Crippen LogP contribution in [0.5, 0.6) is 0 Å². The van der Waals surface area contributed by atoms with Gasteiger partial charge < -0.3 is 5.32 Å². The van der Waals surface area contributed by atoms with E-state index in [9.17, 15) is 0 Å². The van der Waals surface area contributed by atoms with Gasteiger partial charge in [0.15, 0.2) is 0 Å². The van der Waals surface area contributed by atoms with Gasteiger partial charge in [-0.25, -0.2) is 0 Å². The Labute approximate surface area is 126 Å². The molecule has 4 atom stereocenters. The lowest BCUT2D eigenvalue weighted by Crippen LogP contribution is -2.57. The summed E-state index contributed by atoms with van der Waals surface area (Å²) in [5, 5.41) is 3.79. The van der Waals surface area contributed by atoms with E-state index in [1.807, 2.05) is 0 Å². The first kappa shape index (κ1) is 16.3. The summed E-state index contributed by atoms with van der Waals surface area (Å²) < 4.78 is 0. The van der Waals surface area contributed by atoms with Gasteiger partial charge in [0.05, 0.1) is 0 Å². The molecular formula is C18H36N2. The Morgan fingerprint density at radius 2 is 1.65 bits per heavy atom. The van der Waals surface area contributed by atoms with Crippen LogP contribution in [0, 0.1) is 11.8 Å². The Kier molecular flexibility index (Phi) is 6.35. The molecular weight excluding hydrogens is 244 g/mol. The summed E-state index contributed by atoms with van der Waals surface area (Å²) in [5.74, 6) is 1.71. The molecule has 0 saturated heterocycles. The summed E-state index contributed by atoms with van der Waals surface area (Å²) in [6.07, 6.45) is 11.4. The second kappa shape index (κ2) is 7.79.